The predicted molar refractivity (Wildman–Crippen MR) is 125 cm³/mol. The fourth-order valence-electron chi connectivity index (χ4n) is 8.58. The number of hydrogen-bond donors (Lipinski definition) is 1. The smallest absolute Gasteiger partial charge is 0.139 e. The number of ether oxygens (including phenoxy) is 1. The van der Waals surface area contributed by atoms with Crippen LogP contribution in [0.5, 0.6) is 0 Å². The summed E-state index contributed by atoms with van der Waals surface area (Å²) in [6.07, 6.45) is 8.89. The van der Waals surface area contributed by atoms with Crippen LogP contribution in [0.25, 0.3) is 0 Å². The molecule has 5 atom stereocenters. The Labute approximate surface area is 188 Å². The highest BCUT2D eigenvalue weighted by molar-refractivity contribution is 5.86. The maximum Gasteiger partial charge on any atom is 0.139 e. The molecule has 5 fully saturated rings. The first-order chi connectivity index (χ1) is 14.8. The normalized spacial score (nSPS) is 40.7. The van der Waals surface area contributed by atoms with E-state index in [0.717, 1.165) is 58.4 Å². The molecule has 2 unspecified atom stereocenters. The zero-order valence-corrected chi connectivity index (χ0v) is 19.8. The molecule has 0 amide bonds. The Kier molecular flexibility index (Phi) is 5.37. The lowest BCUT2D eigenvalue weighted by Gasteiger charge is -2.66. The van der Waals surface area contributed by atoms with Gasteiger partial charge >= 0.3 is 0 Å². The summed E-state index contributed by atoms with van der Waals surface area (Å²) in [5, 5.41) is 3.54. The number of carbonyl (C=O) groups is 1. The summed E-state index contributed by atoms with van der Waals surface area (Å²) < 4.78 is 6.09. The first-order valence-corrected chi connectivity index (χ1v) is 12.7. The fraction of sp³-hybridized carbons (Fsp3) is 0.750. The molecule has 1 aromatic rings. The first kappa shape index (κ1) is 21.6. The van der Waals surface area contributed by atoms with E-state index in [0.29, 0.717) is 17.6 Å². The lowest BCUT2D eigenvalue weighted by molar-refractivity contribution is -0.171. The molecule has 3 nitrogen and oxygen atoms in total. The van der Waals surface area contributed by atoms with Crippen molar-refractivity contribution in [2.24, 2.45) is 28.1 Å². The minimum atomic E-state index is -0.132. The van der Waals surface area contributed by atoms with Crippen molar-refractivity contribution < 1.29 is 9.53 Å². The van der Waals surface area contributed by atoms with Crippen molar-refractivity contribution in [1.29, 1.82) is 0 Å². The monoisotopic (exact) mass is 423 g/mol. The second kappa shape index (κ2) is 7.70. The van der Waals surface area contributed by atoms with Crippen molar-refractivity contribution in [1.82, 2.24) is 5.32 Å². The minimum absolute atomic E-state index is 0.132. The summed E-state index contributed by atoms with van der Waals surface area (Å²) in [6, 6.07) is 11.2. The van der Waals surface area contributed by atoms with Gasteiger partial charge in [0, 0.05) is 25.0 Å². The molecule has 5 aliphatic rings. The van der Waals surface area contributed by atoms with Crippen LogP contribution < -0.4 is 5.32 Å². The number of nitrogens with one attached hydrogen (secondary N) is 1. The topological polar surface area (TPSA) is 38.3 Å². The van der Waals surface area contributed by atoms with E-state index in [1.165, 1.54) is 24.8 Å². The Balaban J connectivity index is 1.48. The van der Waals surface area contributed by atoms with Crippen LogP contribution in [-0.2, 0) is 14.9 Å². The Bertz CT molecular complexity index is 820. The van der Waals surface area contributed by atoms with E-state index in [1.54, 1.807) is 0 Å². The van der Waals surface area contributed by atoms with Gasteiger partial charge in [-0.15, -0.1) is 0 Å². The molecule has 4 aliphatic carbocycles. The summed E-state index contributed by atoms with van der Waals surface area (Å²) in [4.78, 5) is 14.2. The largest absolute Gasteiger partial charge is 0.381 e. The third kappa shape index (κ3) is 3.70. The van der Waals surface area contributed by atoms with E-state index in [9.17, 15) is 4.79 Å². The summed E-state index contributed by atoms with van der Waals surface area (Å²) in [6.45, 7) is 10.5. The number of piperidine rings is 1. The number of rotatable bonds is 7. The maximum absolute atomic E-state index is 14.2. The molecular weight excluding hydrogens is 382 g/mol. The Hall–Kier alpha value is -1.19. The molecule has 1 aliphatic heterocycles. The second-order valence-electron chi connectivity index (χ2n) is 12.4. The van der Waals surface area contributed by atoms with Crippen LogP contribution in [0.2, 0.25) is 0 Å². The third-order valence-electron chi connectivity index (χ3n) is 9.56. The van der Waals surface area contributed by atoms with E-state index < -0.39 is 0 Å². The van der Waals surface area contributed by atoms with Gasteiger partial charge < -0.3 is 10.1 Å². The molecule has 4 bridgehead atoms. The molecule has 170 valence electrons. The van der Waals surface area contributed by atoms with Gasteiger partial charge in [0.05, 0.1) is 6.61 Å². The van der Waals surface area contributed by atoms with Crippen molar-refractivity contribution in [3.8, 4) is 0 Å². The van der Waals surface area contributed by atoms with Gasteiger partial charge in [-0.3, -0.25) is 4.79 Å². The van der Waals surface area contributed by atoms with E-state index in [4.69, 9.17) is 4.74 Å². The number of Topliss-reactive ketones (excluding diaryl/α,β-unsaturated/α-hetero) is 1. The maximum atomic E-state index is 14.2. The van der Waals surface area contributed by atoms with Crippen LogP contribution in [0.15, 0.2) is 30.3 Å². The van der Waals surface area contributed by atoms with Crippen LogP contribution in [0.1, 0.15) is 77.7 Å². The average molecular weight is 424 g/mol. The van der Waals surface area contributed by atoms with Gasteiger partial charge in [0.2, 0.25) is 0 Å². The van der Waals surface area contributed by atoms with Crippen LogP contribution >= 0.6 is 0 Å². The number of carbonyl (C=O) groups excluding carboxylic acids is 1. The van der Waals surface area contributed by atoms with Crippen molar-refractivity contribution in [2.45, 2.75) is 77.6 Å². The first-order valence-electron chi connectivity index (χ1n) is 12.7. The summed E-state index contributed by atoms with van der Waals surface area (Å²) in [5.41, 5.74) is 1.89. The Morgan fingerprint density at radius 3 is 2.65 bits per heavy atom. The highest BCUT2D eigenvalue weighted by Crippen LogP contribution is 2.70. The van der Waals surface area contributed by atoms with Gasteiger partial charge in [-0.05, 0) is 92.1 Å². The zero-order valence-electron chi connectivity index (χ0n) is 19.8. The van der Waals surface area contributed by atoms with Crippen molar-refractivity contribution in [3.63, 3.8) is 0 Å². The minimum Gasteiger partial charge on any atom is -0.381 e. The number of hydrogen-bond acceptors (Lipinski definition) is 3. The fourth-order valence-corrected chi connectivity index (χ4v) is 8.58. The molecule has 0 spiro atoms. The molecule has 1 heterocycles. The molecule has 0 radical (unpaired) electrons. The quantitative estimate of drug-likeness (QED) is 0.627. The second-order valence-corrected chi connectivity index (χ2v) is 12.4. The highest BCUT2D eigenvalue weighted by atomic mass is 16.5. The molecule has 4 saturated carbocycles. The van der Waals surface area contributed by atoms with Gasteiger partial charge in [0.1, 0.15) is 5.78 Å². The van der Waals surface area contributed by atoms with E-state index in [-0.39, 0.29) is 21.7 Å². The molecule has 3 heteroatoms. The predicted octanol–water partition coefficient (Wildman–Crippen LogP) is 5.53. The van der Waals surface area contributed by atoms with Gasteiger partial charge in [-0.25, -0.2) is 0 Å². The Morgan fingerprint density at radius 2 is 1.90 bits per heavy atom. The summed E-state index contributed by atoms with van der Waals surface area (Å²) in [7, 11) is 0. The van der Waals surface area contributed by atoms with Crippen LogP contribution in [0.4, 0.5) is 0 Å². The van der Waals surface area contributed by atoms with E-state index in [1.807, 2.05) is 0 Å². The molecule has 0 aromatic heterocycles. The molecule has 31 heavy (non-hydrogen) atoms. The molecular formula is C28H41NO2. The summed E-state index contributed by atoms with van der Waals surface area (Å²) >= 11 is 0. The molecule has 1 saturated heterocycles. The number of benzene rings is 1. The average Bonchev–Trinajstić information content (AvgIpc) is 2.73. The van der Waals surface area contributed by atoms with Crippen molar-refractivity contribution in [2.75, 3.05) is 26.3 Å². The molecule has 1 aromatic carbocycles. The van der Waals surface area contributed by atoms with Gasteiger partial charge in [-0.1, -0.05) is 44.2 Å². The van der Waals surface area contributed by atoms with Crippen LogP contribution in [0, 0.1) is 28.1 Å². The summed E-state index contributed by atoms with van der Waals surface area (Å²) in [5.74, 6) is 1.75. The van der Waals surface area contributed by atoms with Gasteiger partial charge in [-0.2, -0.15) is 0 Å². The molecule has 6 rings (SSSR count). The Morgan fingerprint density at radius 1 is 1.10 bits per heavy atom. The SMILES string of the molecule is CCOC[C@]12CC3CC(C(=O)C[C@@H]4CCNCC4(C)C)(C1)C[C@@](c1ccccc1)(C3)C2. The van der Waals surface area contributed by atoms with Gasteiger partial charge in [0.25, 0.3) is 0 Å². The standard InChI is InChI=1S/C28H41NO2/c1-4-31-20-26-13-21-14-27(16-26,22-8-6-5-7-9-22)18-28(15-21,17-26)24(30)12-23-10-11-29-19-25(23,2)3/h5-9,21,23,29H,4,10-20H2,1-3H3/t21?,23-,26-,27+,28?/m0/s1. The molecule has 1 N–H and O–H groups in total. The third-order valence-corrected chi connectivity index (χ3v) is 9.56. The van der Waals surface area contributed by atoms with Crippen molar-refractivity contribution >= 4 is 5.78 Å². The number of ketones is 1. The van der Waals surface area contributed by atoms with Crippen LogP contribution in [0.3, 0.4) is 0 Å². The van der Waals surface area contributed by atoms with Gasteiger partial charge in [0.15, 0.2) is 0 Å². The highest BCUT2D eigenvalue weighted by Gasteiger charge is 2.65. The van der Waals surface area contributed by atoms with Crippen molar-refractivity contribution in [3.05, 3.63) is 35.9 Å². The van der Waals surface area contributed by atoms with E-state index in [2.05, 4.69) is 56.4 Å². The lowest BCUT2D eigenvalue weighted by Crippen LogP contribution is -2.62. The van der Waals surface area contributed by atoms with E-state index >= 15 is 0 Å². The van der Waals surface area contributed by atoms with Crippen LogP contribution in [-0.4, -0.2) is 32.1 Å². The zero-order chi connectivity index (χ0) is 21.7. The lowest BCUT2D eigenvalue weighted by atomic mass is 9.37.